The molecule has 2 aromatic heterocycles. The number of rotatable bonds is 10. The van der Waals surface area contributed by atoms with Gasteiger partial charge in [-0.2, -0.15) is 13.2 Å². The molecule has 12 heteroatoms. The Morgan fingerprint density at radius 2 is 1.83 bits per heavy atom. The van der Waals surface area contributed by atoms with Crippen LogP contribution in [0, 0.1) is 6.92 Å². The third-order valence-electron chi connectivity index (χ3n) is 5.67. The summed E-state index contributed by atoms with van der Waals surface area (Å²) in [7, 11) is 3.68. The first-order valence-corrected chi connectivity index (χ1v) is 13.7. The molecule has 42 heavy (non-hydrogen) atoms. The molecule has 0 saturated carbocycles. The predicted octanol–water partition coefficient (Wildman–Crippen LogP) is 7.14. The van der Waals surface area contributed by atoms with Crippen LogP contribution in [0.5, 0.6) is 0 Å². The molecule has 0 aliphatic carbocycles. The number of ether oxygens (including phenoxy) is 1. The molecular formula is C30H28ClF3N4O3S. The Bertz CT molecular complexity index is 1570. The van der Waals surface area contributed by atoms with Crippen LogP contribution in [0.3, 0.4) is 0 Å². The van der Waals surface area contributed by atoms with E-state index in [0.29, 0.717) is 32.9 Å². The van der Waals surface area contributed by atoms with Crippen molar-refractivity contribution in [3.63, 3.8) is 0 Å². The van der Waals surface area contributed by atoms with Crippen molar-refractivity contribution in [2.75, 3.05) is 19.0 Å². The maximum atomic E-state index is 12.9. The van der Waals surface area contributed by atoms with Crippen LogP contribution in [-0.4, -0.2) is 36.6 Å². The molecule has 2 aromatic carbocycles. The third-order valence-corrected chi connectivity index (χ3v) is 7.15. The van der Waals surface area contributed by atoms with Gasteiger partial charge in [-0.05, 0) is 49.4 Å². The van der Waals surface area contributed by atoms with E-state index < -0.39 is 11.9 Å². The van der Waals surface area contributed by atoms with Crippen molar-refractivity contribution in [2.45, 2.75) is 26.3 Å². The van der Waals surface area contributed by atoms with Gasteiger partial charge in [0.2, 0.25) is 0 Å². The van der Waals surface area contributed by atoms with Crippen molar-refractivity contribution < 1.29 is 27.5 Å². The highest BCUT2D eigenvalue weighted by Gasteiger charge is 2.33. The highest BCUT2D eigenvalue weighted by molar-refractivity contribution is 7.17. The van der Waals surface area contributed by atoms with Crippen molar-refractivity contribution in [3.8, 4) is 0 Å². The SMILES string of the molecule is CNCc1ccccc1.Cc1nc(N(C)/C=C\C(=C/C=O)OCc2ccc3nc(C(F)(F)F)cc(Cl)c3c2)sc1C=O. The van der Waals surface area contributed by atoms with Crippen LogP contribution < -0.4 is 10.2 Å². The molecule has 0 unspecified atom stereocenters. The molecule has 0 aliphatic heterocycles. The standard InChI is InChI=1S/C22H17ClF3N3O3S.C8H11N/c1-13-19(11-31)33-21(27-13)29(2)7-5-15(6-8-30)32-12-14-3-4-18-16(9-14)17(23)10-20(28-18)22(24,25)26;1-9-7-8-5-3-2-4-6-8/h3-11H,12H2,1-2H3;2-6,9H,7H2,1H3/b7-5-,15-6+;. The lowest BCUT2D eigenvalue weighted by Crippen LogP contribution is -2.08. The van der Waals surface area contributed by atoms with Gasteiger partial charge in [-0.25, -0.2) is 9.97 Å². The monoisotopic (exact) mass is 616 g/mol. The smallest absolute Gasteiger partial charge is 0.433 e. The van der Waals surface area contributed by atoms with Gasteiger partial charge in [0.05, 0.1) is 21.1 Å². The summed E-state index contributed by atoms with van der Waals surface area (Å²) >= 11 is 7.26. The third kappa shape index (κ3) is 9.23. The number of nitrogens with zero attached hydrogens (tertiary/aromatic N) is 3. The highest BCUT2D eigenvalue weighted by atomic mass is 35.5. The molecule has 4 aromatic rings. The number of pyridine rings is 1. The fourth-order valence-corrected chi connectivity index (χ4v) is 4.64. The Morgan fingerprint density at radius 3 is 2.45 bits per heavy atom. The average molecular weight is 617 g/mol. The lowest BCUT2D eigenvalue weighted by atomic mass is 10.1. The number of halogens is 4. The zero-order valence-corrected chi connectivity index (χ0v) is 24.6. The summed E-state index contributed by atoms with van der Waals surface area (Å²) in [5, 5.41) is 3.95. The van der Waals surface area contributed by atoms with Gasteiger partial charge in [0, 0.05) is 31.3 Å². The van der Waals surface area contributed by atoms with Gasteiger partial charge in [0.25, 0.3) is 0 Å². The van der Waals surface area contributed by atoms with E-state index in [1.165, 1.54) is 29.0 Å². The second-order valence-corrected chi connectivity index (χ2v) is 10.3. The summed E-state index contributed by atoms with van der Waals surface area (Å²) in [5.41, 5.74) is 1.62. The number of allylic oxidation sites excluding steroid dienone is 2. The molecule has 0 spiro atoms. The van der Waals surface area contributed by atoms with E-state index in [1.807, 2.05) is 25.2 Å². The molecule has 0 radical (unpaired) electrons. The molecule has 0 bridgehead atoms. The average Bonchev–Trinajstić information content (AvgIpc) is 3.35. The number of alkyl halides is 3. The van der Waals surface area contributed by atoms with Gasteiger partial charge in [-0.3, -0.25) is 9.59 Å². The Hall–Kier alpha value is -4.06. The van der Waals surface area contributed by atoms with Crippen LogP contribution in [0.4, 0.5) is 18.3 Å². The number of carbonyl (C=O) groups excluding carboxylic acids is 2. The maximum absolute atomic E-state index is 12.9. The van der Waals surface area contributed by atoms with Gasteiger partial charge < -0.3 is 15.0 Å². The first kappa shape index (κ1) is 32.5. The highest BCUT2D eigenvalue weighted by Crippen LogP contribution is 2.33. The van der Waals surface area contributed by atoms with Gasteiger partial charge in [-0.15, -0.1) is 0 Å². The Balaban J connectivity index is 0.000000458. The van der Waals surface area contributed by atoms with Crippen molar-refractivity contribution in [3.05, 3.63) is 111 Å². The molecule has 0 saturated heterocycles. The molecule has 0 fully saturated rings. The molecule has 0 amide bonds. The molecule has 4 rings (SSSR count). The van der Waals surface area contributed by atoms with E-state index in [0.717, 1.165) is 18.9 Å². The van der Waals surface area contributed by atoms with Crippen LogP contribution in [0.2, 0.25) is 5.02 Å². The maximum Gasteiger partial charge on any atom is 0.433 e. The summed E-state index contributed by atoms with van der Waals surface area (Å²) in [6, 6.07) is 15.7. The number of anilines is 1. The van der Waals surface area contributed by atoms with Crippen LogP contribution in [-0.2, 0) is 28.9 Å². The number of aryl methyl sites for hydroxylation is 1. The summed E-state index contributed by atoms with van der Waals surface area (Å²) < 4.78 is 44.5. The molecule has 2 heterocycles. The van der Waals surface area contributed by atoms with E-state index in [2.05, 4.69) is 27.4 Å². The van der Waals surface area contributed by atoms with Crippen LogP contribution in [0.25, 0.3) is 10.9 Å². The molecule has 220 valence electrons. The van der Waals surface area contributed by atoms with E-state index in [9.17, 15) is 22.8 Å². The number of fused-ring (bicyclic) bond motifs is 1. The fourth-order valence-electron chi connectivity index (χ4n) is 3.56. The van der Waals surface area contributed by atoms with E-state index >= 15 is 0 Å². The van der Waals surface area contributed by atoms with Crippen molar-refractivity contribution >= 4 is 51.5 Å². The number of carbonyl (C=O) groups is 2. The quantitative estimate of drug-likeness (QED) is 0.0877. The first-order chi connectivity index (χ1) is 20.0. The first-order valence-electron chi connectivity index (χ1n) is 12.5. The van der Waals surface area contributed by atoms with Crippen molar-refractivity contribution in [1.82, 2.24) is 15.3 Å². The number of thiazole rings is 1. The normalized spacial score (nSPS) is 11.7. The van der Waals surface area contributed by atoms with E-state index in [-0.39, 0.29) is 22.9 Å². The minimum Gasteiger partial charge on any atom is -0.489 e. The largest absolute Gasteiger partial charge is 0.489 e. The number of hydrogen-bond donors (Lipinski definition) is 1. The minimum absolute atomic E-state index is 0.0344. The lowest BCUT2D eigenvalue weighted by molar-refractivity contribution is -0.141. The number of hydrogen-bond acceptors (Lipinski definition) is 8. The molecule has 1 N–H and O–H groups in total. The molecule has 7 nitrogen and oxygen atoms in total. The zero-order valence-electron chi connectivity index (χ0n) is 23.0. The minimum atomic E-state index is -4.60. The van der Waals surface area contributed by atoms with E-state index in [4.69, 9.17) is 16.3 Å². The van der Waals surface area contributed by atoms with Crippen molar-refractivity contribution in [2.24, 2.45) is 0 Å². The molecular weight excluding hydrogens is 589 g/mol. The molecule has 0 atom stereocenters. The summed E-state index contributed by atoms with van der Waals surface area (Å²) in [6.45, 7) is 2.73. The Morgan fingerprint density at radius 1 is 1.10 bits per heavy atom. The second-order valence-electron chi connectivity index (χ2n) is 8.84. The summed E-state index contributed by atoms with van der Waals surface area (Å²) in [4.78, 5) is 32.1. The van der Waals surface area contributed by atoms with Crippen LogP contribution >= 0.6 is 22.9 Å². The zero-order chi connectivity index (χ0) is 30.7. The number of aromatic nitrogens is 2. The Labute approximate surface area is 250 Å². The summed E-state index contributed by atoms with van der Waals surface area (Å²) in [5.74, 6) is 0.248. The summed E-state index contributed by atoms with van der Waals surface area (Å²) in [6.07, 6.45) is 1.11. The van der Waals surface area contributed by atoms with E-state index in [1.54, 1.807) is 43.3 Å². The van der Waals surface area contributed by atoms with Gasteiger partial charge in [0.1, 0.15) is 24.3 Å². The molecule has 0 aliphatic rings. The predicted molar refractivity (Wildman–Crippen MR) is 160 cm³/mol. The lowest BCUT2D eigenvalue weighted by Gasteiger charge is -2.12. The number of benzene rings is 2. The fraction of sp³-hybridized carbons (Fsp3) is 0.200. The Kier molecular flexibility index (Phi) is 11.8. The second kappa shape index (κ2) is 15.2. The van der Waals surface area contributed by atoms with Gasteiger partial charge in [-0.1, -0.05) is 59.3 Å². The van der Waals surface area contributed by atoms with Crippen LogP contribution in [0.1, 0.15) is 32.2 Å². The number of aldehydes is 2. The van der Waals surface area contributed by atoms with Gasteiger partial charge >= 0.3 is 6.18 Å². The van der Waals surface area contributed by atoms with Crippen molar-refractivity contribution in [1.29, 1.82) is 0 Å². The van der Waals surface area contributed by atoms with Crippen LogP contribution in [0.15, 0.2) is 78.7 Å². The number of nitrogens with one attached hydrogen (secondary N) is 1. The van der Waals surface area contributed by atoms with Gasteiger partial charge in [0.15, 0.2) is 11.4 Å². The topological polar surface area (TPSA) is 84.4 Å².